The molecule has 3 atom stereocenters. The van der Waals surface area contributed by atoms with Crippen molar-refractivity contribution in [1.82, 2.24) is 16.0 Å². The van der Waals surface area contributed by atoms with E-state index in [1.54, 1.807) is 13.0 Å². The lowest BCUT2D eigenvalue weighted by atomic mass is 9.87. The zero-order chi connectivity index (χ0) is 25.0. The van der Waals surface area contributed by atoms with Gasteiger partial charge in [-0.15, -0.1) is 0 Å². The van der Waals surface area contributed by atoms with E-state index in [1.165, 1.54) is 0 Å². The second-order valence-electron chi connectivity index (χ2n) is 7.52. The molecule has 0 fully saturated rings. The Bertz CT molecular complexity index is 807. The Morgan fingerprint density at radius 3 is 2.45 bits per heavy atom. The van der Waals surface area contributed by atoms with Crippen LogP contribution in [0.2, 0.25) is 0 Å². The highest BCUT2D eigenvalue weighted by molar-refractivity contribution is 7.85. The van der Waals surface area contributed by atoms with Crippen LogP contribution in [0.3, 0.4) is 0 Å². The maximum absolute atomic E-state index is 12.9. The molecule has 1 aliphatic carbocycles. The van der Waals surface area contributed by atoms with Gasteiger partial charge in [0.25, 0.3) is 16.0 Å². The van der Waals surface area contributed by atoms with Crippen LogP contribution in [0.15, 0.2) is 16.6 Å². The number of halogens is 1. The van der Waals surface area contributed by atoms with Gasteiger partial charge in [-0.3, -0.25) is 14.3 Å². The quantitative estimate of drug-likeness (QED) is 0.262. The first-order valence-corrected chi connectivity index (χ1v) is 12.7. The number of alkyl halides is 1. The zero-order valence-electron chi connectivity index (χ0n) is 19.5. The predicted molar refractivity (Wildman–Crippen MR) is 121 cm³/mol. The number of hydrogen-bond donors (Lipinski definition) is 4. The highest BCUT2D eigenvalue weighted by atomic mass is 32.2. The minimum Gasteiger partial charge on any atom is -0.463 e. The predicted octanol–water partition coefficient (Wildman–Crippen LogP) is 0.329. The number of rotatable bonds is 9. The molecule has 33 heavy (non-hydrogen) atoms. The molecule has 0 saturated heterocycles. The number of guanidine groups is 1. The molecule has 1 amide bonds. The Balaban J connectivity index is 0.000000981. The van der Waals surface area contributed by atoms with E-state index < -0.39 is 46.9 Å². The fourth-order valence-corrected chi connectivity index (χ4v) is 3.38. The number of aliphatic imine (C=N–C) groups is 1. The lowest BCUT2D eigenvalue weighted by Gasteiger charge is -2.39. The highest BCUT2D eigenvalue weighted by Gasteiger charge is 2.39. The van der Waals surface area contributed by atoms with Crippen LogP contribution in [0.25, 0.3) is 0 Å². The summed E-state index contributed by atoms with van der Waals surface area (Å²) in [6.07, 6.45) is 3.65. The second kappa shape index (κ2) is 14.1. The molecule has 0 aromatic rings. The average Bonchev–Trinajstić information content (AvgIpc) is 3.25. The summed E-state index contributed by atoms with van der Waals surface area (Å²) in [5.41, 5.74) is 0.472. The van der Waals surface area contributed by atoms with Crippen molar-refractivity contribution in [3.8, 4) is 0 Å². The van der Waals surface area contributed by atoms with Crippen LogP contribution in [-0.4, -0.2) is 87.7 Å². The van der Waals surface area contributed by atoms with E-state index in [-0.39, 0.29) is 12.7 Å². The number of ether oxygens (including phenoxy) is 2. The van der Waals surface area contributed by atoms with Crippen molar-refractivity contribution in [3.63, 3.8) is 0 Å². The summed E-state index contributed by atoms with van der Waals surface area (Å²) in [5.74, 6) is -0.538. The number of esters is 1. The summed E-state index contributed by atoms with van der Waals surface area (Å²) in [6.45, 7) is 6.27. The molecule has 0 aromatic carbocycles. The molecule has 2 rings (SSSR count). The number of carbonyl (C=O) groups is 2. The van der Waals surface area contributed by atoms with Crippen molar-refractivity contribution in [3.05, 3.63) is 11.6 Å². The van der Waals surface area contributed by atoms with Gasteiger partial charge in [0.1, 0.15) is 0 Å². The number of carbonyl (C=O) groups excluding carboxylic acids is 2. The maximum Gasteiger partial charge on any atom is 0.333 e. The summed E-state index contributed by atoms with van der Waals surface area (Å²) < 4.78 is 50.1. The molecule has 0 spiro atoms. The Labute approximate surface area is 194 Å². The van der Waals surface area contributed by atoms with Crippen LogP contribution in [-0.2, 0) is 29.2 Å². The van der Waals surface area contributed by atoms with Crippen molar-refractivity contribution in [2.75, 3.05) is 32.6 Å². The van der Waals surface area contributed by atoms with Gasteiger partial charge in [-0.25, -0.2) is 9.18 Å². The van der Waals surface area contributed by atoms with Crippen LogP contribution in [0.5, 0.6) is 0 Å². The van der Waals surface area contributed by atoms with Gasteiger partial charge < -0.3 is 25.4 Å². The lowest BCUT2D eigenvalue weighted by molar-refractivity contribution is -0.139. The number of hydrogen-bond acceptors (Lipinski definition) is 9. The molecule has 190 valence electrons. The van der Waals surface area contributed by atoms with Crippen molar-refractivity contribution >= 4 is 28.0 Å². The van der Waals surface area contributed by atoms with Crippen LogP contribution in [0.1, 0.15) is 40.0 Å². The standard InChI is InChI=1S/C19H31FN4O4.CH4O3S/c1-4-13(5-2)28-15-10-12(18(26)27-6-3)9-14(17(15)24-16(25)11-20)23-19-21-7-8-22-19;1-5(2,3)4/h10,13-15,17H,4-9,11H2,1-3H3,(H,24,25)(H2,21,22,23);1H3,(H,2,3,4). The summed E-state index contributed by atoms with van der Waals surface area (Å²) in [6, 6.07) is -0.948. The van der Waals surface area contributed by atoms with Gasteiger partial charge in [-0.05, 0) is 25.8 Å². The Morgan fingerprint density at radius 1 is 1.33 bits per heavy atom. The van der Waals surface area contributed by atoms with E-state index in [9.17, 15) is 22.4 Å². The van der Waals surface area contributed by atoms with Crippen LogP contribution < -0.4 is 16.0 Å². The van der Waals surface area contributed by atoms with Gasteiger partial charge in [0, 0.05) is 18.5 Å². The lowest BCUT2D eigenvalue weighted by Crippen LogP contribution is -2.61. The monoisotopic (exact) mass is 494 g/mol. The van der Waals surface area contributed by atoms with Crippen LogP contribution in [0.4, 0.5) is 4.39 Å². The van der Waals surface area contributed by atoms with Crippen molar-refractivity contribution in [2.45, 2.75) is 64.3 Å². The van der Waals surface area contributed by atoms with Crippen molar-refractivity contribution < 1.29 is 36.4 Å². The molecule has 1 aliphatic heterocycles. The van der Waals surface area contributed by atoms with Crippen LogP contribution >= 0.6 is 0 Å². The van der Waals surface area contributed by atoms with Crippen LogP contribution in [0, 0.1) is 0 Å². The molecule has 0 saturated carbocycles. The summed E-state index contributed by atoms with van der Waals surface area (Å²) >= 11 is 0. The fraction of sp³-hybridized carbons (Fsp3) is 0.750. The number of nitrogens with zero attached hydrogens (tertiary/aromatic N) is 1. The number of amides is 1. The molecule has 2 aliphatic rings. The molecule has 0 radical (unpaired) electrons. The molecular formula is C20H35FN4O7S. The van der Waals surface area contributed by atoms with E-state index in [2.05, 4.69) is 20.9 Å². The third-order valence-electron chi connectivity index (χ3n) is 4.84. The summed E-state index contributed by atoms with van der Waals surface area (Å²) in [4.78, 5) is 28.5. The second-order valence-corrected chi connectivity index (χ2v) is 8.99. The molecular weight excluding hydrogens is 459 g/mol. The SMILES string of the molecule is CCOC(=O)C1=CC(OC(CC)CC)C(NC(=O)CF)C(NC2=NCCN2)C1.CS(=O)(=O)O. The third kappa shape index (κ3) is 10.9. The number of nitrogens with one attached hydrogen (secondary N) is 3. The molecule has 0 bridgehead atoms. The van der Waals surface area contributed by atoms with Gasteiger partial charge >= 0.3 is 5.97 Å². The van der Waals surface area contributed by atoms with Gasteiger partial charge in [0.15, 0.2) is 12.6 Å². The maximum atomic E-state index is 12.9. The van der Waals surface area contributed by atoms with Gasteiger partial charge in [-0.1, -0.05) is 13.8 Å². The highest BCUT2D eigenvalue weighted by Crippen LogP contribution is 2.25. The smallest absolute Gasteiger partial charge is 0.333 e. The van der Waals surface area contributed by atoms with Gasteiger partial charge in [0.05, 0.1) is 43.7 Å². The Kier molecular flexibility index (Phi) is 12.3. The first kappa shape index (κ1) is 28.8. The van der Waals surface area contributed by atoms with Crippen molar-refractivity contribution in [1.29, 1.82) is 0 Å². The minimum atomic E-state index is -3.67. The summed E-state index contributed by atoms with van der Waals surface area (Å²) in [5, 5.41) is 9.06. The largest absolute Gasteiger partial charge is 0.463 e. The first-order chi connectivity index (χ1) is 15.5. The molecule has 11 nitrogen and oxygen atoms in total. The topological polar surface area (TPSA) is 155 Å². The molecule has 4 N–H and O–H groups in total. The summed E-state index contributed by atoms with van der Waals surface area (Å²) in [7, 11) is -3.67. The molecule has 3 unspecified atom stereocenters. The third-order valence-corrected chi connectivity index (χ3v) is 4.84. The van der Waals surface area contributed by atoms with Gasteiger partial charge in [0.2, 0.25) is 0 Å². The minimum absolute atomic E-state index is 0.0461. The normalized spacial score (nSPS) is 22.3. The molecule has 1 heterocycles. The van der Waals surface area contributed by atoms with E-state index in [0.717, 1.165) is 12.8 Å². The van der Waals surface area contributed by atoms with E-state index in [1.807, 2.05) is 13.8 Å². The first-order valence-electron chi connectivity index (χ1n) is 10.9. The Morgan fingerprint density at radius 2 is 1.97 bits per heavy atom. The van der Waals surface area contributed by atoms with E-state index in [0.29, 0.717) is 37.3 Å². The van der Waals surface area contributed by atoms with E-state index in [4.69, 9.17) is 14.0 Å². The Hall–Kier alpha value is -2.25. The zero-order valence-corrected chi connectivity index (χ0v) is 20.3. The molecule has 13 heteroatoms. The van der Waals surface area contributed by atoms with E-state index >= 15 is 0 Å². The van der Waals surface area contributed by atoms with Crippen molar-refractivity contribution in [2.24, 2.45) is 4.99 Å². The fourth-order valence-electron chi connectivity index (χ4n) is 3.38. The molecule has 0 aromatic heterocycles. The van der Waals surface area contributed by atoms with Gasteiger partial charge in [-0.2, -0.15) is 8.42 Å². The average molecular weight is 495 g/mol.